The molecular formula is C9H15N3O. The second kappa shape index (κ2) is 4.13. The van der Waals surface area contributed by atoms with E-state index in [1.165, 1.54) is 4.90 Å². The number of carbonyl (C=O) groups is 1. The first-order valence-electron chi connectivity index (χ1n) is 4.64. The molecule has 0 saturated heterocycles. The number of nitrogens with two attached hydrogens (primary N) is 1. The zero-order valence-electron chi connectivity index (χ0n) is 7.86. The molecule has 1 fully saturated rings. The third kappa shape index (κ3) is 2.11. The van der Waals surface area contributed by atoms with Crippen LogP contribution in [0, 0.1) is 11.3 Å². The van der Waals surface area contributed by atoms with Crippen molar-refractivity contribution in [2.24, 2.45) is 5.73 Å². The summed E-state index contributed by atoms with van der Waals surface area (Å²) in [6, 6.07) is 1.36. The first-order valence-corrected chi connectivity index (χ1v) is 4.64. The molecule has 13 heavy (non-hydrogen) atoms. The molecule has 1 unspecified atom stereocenters. The van der Waals surface area contributed by atoms with Crippen molar-refractivity contribution in [1.82, 2.24) is 4.90 Å². The third-order valence-corrected chi connectivity index (χ3v) is 2.58. The van der Waals surface area contributed by atoms with Gasteiger partial charge in [0.1, 0.15) is 6.04 Å². The number of urea groups is 1. The van der Waals surface area contributed by atoms with E-state index in [0.29, 0.717) is 0 Å². The third-order valence-electron chi connectivity index (χ3n) is 2.58. The van der Waals surface area contributed by atoms with Gasteiger partial charge in [0.2, 0.25) is 0 Å². The van der Waals surface area contributed by atoms with Crippen LogP contribution in [0.5, 0.6) is 0 Å². The Morgan fingerprint density at radius 3 is 2.54 bits per heavy atom. The van der Waals surface area contributed by atoms with Crippen LogP contribution in [0.2, 0.25) is 0 Å². The zero-order valence-corrected chi connectivity index (χ0v) is 7.86. The highest BCUT2D eigenvalue weighted by molar-refractivity contribution is 5.73. The van der Waals surface area contributed by atoms with Gasteiger partial charge in [-0.3, -0.25) is 0 Å². The molecule has 1 aliphatic rings. The van der Waals surface area contributed by atoms with E-state index in [1.54, 1.807) is 6.92 Å². The summed E-state index contributed by atoms with van der Waals surface area (Å²) in [4.78, 5) is 12.6. The highest BCUT2D eigenvalue weighted by Crippen LogP contribution is 2.24. The van der Waals surface area contributed by atoms with Crippen molar-refractivity contribution < 1.29 is 4.79 Å². The van der Waals surface area contributed by atoms with Gasteiger partial charge in [0.25, 0.3) is 0 Å². The molecule has 1 aliphatic carbocycles. The van der Waals surface area contributed by atoms with Crippen molar-refractivity contribution >= 4 is 6.03 Å². The largest absolute Gasteiger partial charge is 0.351 e. The van der Waals surface area contributed by atoms with Gasteiger partial charge in [0.15, 0.2) is 0 Å². The van der Waals surface area contributed by atoms with Crippen LogP contribution in [0.1, 0.15) is 32.6 Å². The molecule has 2 N–H and O–H groups in total. The van der Waals surface area contributed by atoms with E-state index in [0.717, 1.165) is 25.7 Å². The fraction of sp³-hybridized carbons (Fsp3) is 0.778. The zero-order chi connectivity index (χ0) is 9.84. The second-order valence-corrected chi connectivity index (χ2v) is 3.49. The summed E-state index contributed by atoms with van der Waals surface area (Å²) < 4.78 is 0. The van der Waals surface area contributed by atoms with Crippen molar-refractivity contribution in [1.29, 1.82) is 5.26 Å². The number of amides is 2. The number of nitrogens with zero attached hydrogens (tertiary/aromatic N) is 2. The summed E-state index contributed by atoms with van der Waals surface area (Å²) in [5.41, 5.74) is 5.23. The van der Waals surface area contributed by atoms with Gasteiger partial charge in [0.05, 0.1) is 6.07 Å². The maximum absolute atomic E-state index is 11.1. The van der Waals surface area contributed by atoms with E-state index >= 15 is 0 Å². The molecule has 0 aliphatic heterocycles. The predicted molar refractivity (Wildman–Crippen MR) is 48.8 cm³/mol. The van der Waals surface area contributed by atoms with E-state index in [-0.39, 0.29) is 6.04 Å². The van der Waals surface area contributed by atoms with Gasteiger partial charge in [-0.05, 0) is 19.8 Å². The minimum Gasteiger partial charge on any atom is -0.351 e. The number of carbonyl (C=O) groups excluding carboxylic acids is 1. The van der Waals surface area contributed by atoms with Crippen molar-refractivity contribution in [3.05, 3.63) is 0 Å². The lowest BCUT2D eigenvalue weighted by Crippen LogP contribution is -2.47. The Morgan fingerprint density at radius 1 is 1.62 bits per heavy atom. The summed E-state index contributed by atoms with van der Waals surface area (Å²) >= 11 is 0. The monoisotopic (exact) mass is 181 g/mol. The molecule has 0 aromatic rings. The molecule has 0 heterocycles. The van der Waals surface area contributed by atoms with Crippen LogP contribution in [0.25, 0.3) is 0 Å². The average Bonchev–Trinajstić information content (AvgIpc) is 2.56. The Kier molecular flexibility index (Phi) is 3.13. The van der Waals surface area contributed by atoms with Crippen molar-refractivity contribution in [3.8, 4) is 6.07 Å². The molecule has 0 aromatic heterocycles. The van der Waals surface area contributed by atoms with Crippen LogP contribution in [-0.2, 0) is 0 Å². The minimum atomic E-state index is -0.471. The van der Waals surface area contributed by atoms with Crippen molar-refractivity contribution in [2.75, 3.05) is 0 Å². The lowest BCUT2D eigenvalue weighted by atomic mass is 10.2. The summed E-state index contributed by atoms with van der Waals surface area (Å²) in [6.45, 7) is 1.71. The van der Waals surface area contributed by atoms with Crippen LogP contribution >= 0.6 is 0 Å². The molecule has 4 nitrogen and oxygen atoms in total. The lowest BCUT2D eigenvalue weighted by molar-refractivity contribution is 0.174. The highest BCUT2D eigenvalue weighted by Gasteiger charge is 2.28. The molecule has 0 radical (unpaired) electrons. The van der Waals surface area contributed by atoms with Gasteiger partial charge in [0, 0.05) is 6.04 Å². The molecule has 1 atom stereocenters. The minimum absolute atomic E-state index is 0.187. The Hall–Kier alpha value is -1.24. The number of hydrogen-bond donors (Lipinski definition) is 1. The van der Waals surface area contributed by atoms with Crippen LogP contribution in [0.15, 0.2) is 0 Å². The maximum atomic E-state index is 11.1. The first-order chi connectivity index (χ1) is 6.16. The summed E-state index contributed by atoms with van der Waals surface area (Å²) in [7, 11) is 0. The van der Waals surface area contributed by atoms with Crippen LogP contribution in [-0.4, -0.2) is 23.0 Å². The summed E-state index contributed by atoms with van der Waals surface area (Å²) in [5.74, 6) is 0. The Bertz CT molecular complexity index is 228. The van der Waals surface area contributed by atoms with E-state index in [1.807, 2.05) is 6.07 Å². The molecule has 0 aromatic carbocycles. The van der Waals surface area contributed by atoms with Gasteiger partial charge >= 0.3 is 6.03 Å². The standard InChI is InChI=1S/C9H15N3O/c1-7(6-10)12(9(11)13)8-4-2-3-5-8/h7-8H,2-5H2,1H3,(H2,11,13). The number of hydrogen-bond acceptors (Lipinski definition) is 2. The van der Waals surface area contributed by atoms with Crippen LogP contribution < -0.4 is 5.73 Å². The molecule has 1 rings (SSSR count). The molecule has 2 amide bonds. The highest BCUT2D eigenvalue weighted by atomic mass is 16.2. The van der Waals surface area contributed by atoms with E-state index in [9.17, 15) is 4.79 Å². The summed E-state index contributed by atoms with van der Waals surface area (Å²) in [5, 5.41) is 8.71. The smallest absolute Gasteiger partial charge is 0.316 e. The molecule has 4 heteroatoms. The SMILES string of the molecule is CC(C#N)N(C(N)=O)C1CCCC1. The predicted octanol–water partition coefficient (Wildman–Crippen LogP) is 1.22. The van der Waals surface area contributed by atoms with Crippen molar-refractivity contribution in [2.45, 2.75) is 44.7 Å². The van der Waals surface area contributed by atoms with E-state index < -0.39 is 12.1 Å². The normalized spacial score (nSPS) is 19.4. The Balaban J connectivity index is 2.67. The number of nitriles is 1. The second-order valence-electron chi connectivity index (χ2n) is 3.49. The van der Waals surface area contributed by atoms with E-state index in [4.69, 9.17) is 11.0 Å². The fourth-order valence-corrected chi connectivity index (χ4v) is 1.93. The summed E-state index contributed by atoms with van der Waals surface area (Å²) in [6.07, 6.45) is 4.23. The Labute approximate surface area is 78.3 Å². The van der Waals surface area contributed by atoms with Gasteiger partial charge in [-0.2, -0.15) is 5.26 Å². The van der Waals surface area contributed by atoms with Gasteiger partial charge in [-0.25, -0.2) is 4.79 Å². The number of primary amides is 1. The van der Waals surface area contributed by atoms with Crippen molar-refractivity contribution in [3.63, 3.8) is 0 Å². The molecular weight excluding hydrogens is 166 g/mol. The van der Waals surface area contributed by atoms with Crippen LogP contribution in [0.4, 0.5) is 4.79 Å². The Morgan fingerprint density at radius 2 is 2.15 bits per heavy atom. The topological polar surface area (TPSA) is 70.1 Å². The van der Waals surface area contributed by atoms with Gasteiger partial charge < -0.3 is 10.6 Å². The molecule has 0 spiro atoms. The number of rotatable bonds is 2. The maximum Gasteiger partial charge on any atom is 0.316 e. The average molecular weight is 181 g/mol. The first kappa shape index (κ1) is 9.85. The van der Waals surface area contributed by atoms with Gasteiger partial charge in [-0.15, -0.1) is 0 Å². The molecule has 0 bridgehead atoms. The molecule has 72 valence electrons. The van der Waals surface area contributed by atoms with Gasteiger partial charge in [-0.1, -0.05) is 12.8 Å². The van der Waals surface area contributed by atoms with Crippen LogP contribution in [0.3, 0.4) is 0 Å². The molecule has 1 saturated carbocycles. The lowest BCUT2D eigenvalue weighted by Gasteiger charge is -2.28. The fourth-order valence-electron chi connectivity index (χ4n) is 1.93. The van der Waals surface area contributed by atoms with E-state index in [2.05, 4.69) is 0 Å². The quantitative estimate of drug-likeness (QED) is 0.695.